The zero-order valence-electron chi connectivity index (χ0n) is 13.6. The van der Waals surface area contributed by atoms with Gasteiger partial charge in [-0.3, -0.25) is 4.79 Å². The first-order valence-corrected chi connectivity index (χ1v) is 8.76. The summed E-state index contributed by atoms with van der Waals surface area (Å²) in [4.78, 5) is 12.2. The maximum Gasteiger partial charge on any atom is 0.255 e. The van der Waals surface area contributed by atoms with Crippen molar-refractivity contribution in [3.63, 3.8) is 0 Å². The maximum atomic E-state index is 12.8. The summed E-state index contributed by atoms with van der Waals surface area (Å²) in [5, 5.41) is 2.61. The van der Waals surface area contributed by atoms with Gasteiger partial charge in [0.1, 0.15) is 5.82 Å². The van der Waals surface area contributed by atoms with Crippen molar-refractivity contribution in [3.8, 4) is 0 Å². The normalized spacial score (nSPS) is 12.0. The summed E-state index contributed by atoms with van der Waals surface area (Å²) < 4.78 is 39.8. The van der Waals surface area contributed by atoms with Crippen LogP contribution in [0.5, 0.6) is 0 Å². The van der Waals surface area contributed by atoms with E-state index >= 15 is 0 Å². The van der Waals surface area contributed by atoms with Crippen LogP contribution in [0.15, 0.2) is 53.4 Å². The Hall–Kier alpha value is -2.25. The molecule has 0 atom stereocenters. The average molecular weight is 350 g/mol. The van der Waals surface area contributed by atoms with Crippen LogP contribution in [0.25, 0.3) is 0 Å². The highest BCUT2D eigenvalue weighted by Crippen LogP contribution is 2.15. The van der Waals surface area contributed by atoms with Crippen LogP contribution in [0.4, 0.5) is 10.1 Å². The van der Waals surface area contributed by atoms with Crippen molar-refractivity contribution < 1.29 is 17.6 Å². The van der Waals surface area contributed by atoms with Gasteiger partial charge in [-0.15, -0.1) is 0 Å². The van der Waals surface area contributed by atoms with E-state index in [-0.39, 0.29) is 4.90 Å². The van der Waals surface area contributed by atoms with Gasteiger partial charge in [-0.05, 0) is 69.3 Å². The first-order chi connectivity index (χ1) is 11.1. The fourth-order valence-corrected chi connectivity index (χ4v) is 3.40. The van der Waals surface area contributed by atoms with Crippen LogP contribution < -0.4 is 10.0 Å². The molecule has 0 aromatic heterocycles. The number of amides is 1. The number of nitrogens with one attached hydrogen (secondary N) is 2. The molecule has 0 bridgehead atoms. The van der Waals surface area contributed by atoms with Crippen molar-refractivity contribution in [1.29, 1.82) is 0 Å². The largest absolute Gasteiger partial charge is 0.322 e. The molecule has 2 aromatic rings. The van der Waals surface area contributed by atoms with Crippen LogP contribution in [-0.2, 0) is 10.0 Å². The highest BCUT2D eigenvalue weighted by atomic mass is 32.2. The zero-order valence-corrected chi connectivity index (χ0v) is 14.4. The van der Waals surface area contributed by atoms with Crippen LogP contribution in [0, 0.1) is 5.82 Å². The number of hydrogen-bond donors (Lipinski definition) is 2. The first kappa shape index (κ1) is 18.1. The Kier molecular flexibility index (Phi) is 5.05. The molecule has 2 aromatic carbocycles. The summed E-state index contributed by atoms with van der Waals surface area (Å²) >= 11 is 0. The second-order valence-electron chi connectivity index (χ2n) is 6.34. The van der Waals surface area contributed by atoms with E-state index in [1.807, 2.05) is 0 Å². The highest BCUT2D eigenvalue weighted by Gasteiger charge is 2.22. The van der Waals surface area contributed by atoms with Gasteiger partial charge < -0.3 is 5.32 Å². The molecule has 0 saturated heterocycles. The van der Waals surface area contributed by atoms with E-state index in [0.717, 1.165) is 0 Å². The molecule has 2 rings (SSSR count). The molecule has 0 fully saturated rings. The molecule has 0 radical (unpaired) electrons. The molecule has 0 heterocycles. The topological polar surface area (TPSA) is 75.3 Å². The predicted octanol–water partition coefficient (Wildman–Crippen LogP) is 3.15. The van der Waals surface area contributed by atoms with E-state index < -0.39 is 27.3 Å². The average Bonchev–Trinajstić information content (AvgIpc) is 2.47. The Morgan fingerprint density at radius 1 is 0.958 bits per heavy atom. The molecule has 0 aliphatic carbocycles. The third-order valence-corrected chi connectivity index (χ3v) is 4.74. The fraction of sp³-hybridized carbons (Fsp3) is 0.235. The molecule has 0 unspecified atom stereocenters. The molecule has 0 saturated carbocycles. The number of halogens is 1. The van der Waals surface area contributed by atoms with Gasteiger partial charge in [-0.2, -0.15) is 0 Å². The molecule has 1 amide bonds. The summed E-state index contributed by atoms with van der Waals surface area (Å²) in [5.41, 5.74) is 0.152. The van der Waals surface area contributed by atoms with E-state index in [9.17, 15) is 17.6 Å². The summed E-state index contributed by atoms with van der Waals surface area (Å²) in [5.74, 6) is -0.803. The number of anilines is 1. The maximum absolute atomic E-state index is 12.8. The third kappa shape index (κ3) is 4.87. The summed E-state index contributed by atoms with van der Waals surface area (Å²) in [6, 6.07) is 11.0. The molecular formula is C17H19FN2O3S. The molecule has 128 valence electrons. The van der Waals surface area contributed by atoms with Crippen molar-refractivity contribution >= 4 is 21.6 Å². The van der Waals surface area contributed by atoms with Gasteiger partial charge in [-0.25, -0.2) is 17.5 Å². The lowest BCUT2D eigenvalue weighted by Crippen LogP contribution is -2.40. The van der Waals surface area contributed by atoms with Crippen molar-refractivity contribution in [1.82, 2.24) is 4.72 Å². The third-order valence-electron chi connectivity index (χ3n) is 2.97. The number of rotatable bonds is 4. The molecule has 7 heteroatoms. The lowest BCUT2D eigenvalue weighted by atomic mass is 10.1. The number of benzene rings is 2. The van der Waals surface area contributed by atoms with Gasteiger partial charge in [0.2, 0.25) is 10.0 Å². The van der Waals surface area contributed by atoms with E-state index in [2.05, 4.69) is 10.0 Å². The van der Waals surface area contributed by atoms with Crippen LogP contribution in [0.2, 0.25) is 0 Å². The molecule has 0 spiro atoms. The van der Waals surface area contributed by atoms with Crippen molar-refractivity contribution in [3.05, 3.63) is 59.9 Å². The standard InChI is InChI=1S/C17H19FN2O3S/c1-17(2,3)20-24(22,23)15-10-4-12(5-11-15)16(21)19-14-8-6-13(18)7-9-14/h4-11,20H,1-3H3,(H,19,21). The second kappa shape index (κ2) is 6.70. The number of carbonyl (C=O) groups is 1. The Labute approximate surface area is 141 Å². The van der Waals surface area contributed by atoms with Crippen molar-refractivity contribution in [2.75, 3.05) is 5.32 Å². The molecule has 5 nitrogen and oxygen atoms in total. The van der Waals surface area contributed by atoms with Gasteiger partial charge in [0.15, 0.2) is 0 Å². The van der Waals surface area contributed by atoms with Gasteiger partial charge in [0.25, 0.3) is 5.91 Å². The van der Waals surface area contributed by atoms with Gasteiger partial charge >= 0.3 is 0 Å². The van der Waals surface area contributed by atoms with E-state index in [0.29, 0.717) is 11.3 Å². The second-order valence-corrected chi connectivity index (χ2v) is 8.02. The number of sulfonamides is 1. The summed E-state index contributed by atoms with van der Waals surface area (Å²) in [7, 11) is -3.65. The van der Waals surface area contributed by atoms with Crippen molar-refractivity contribution in [2.45, 2.75) is 31.2 Å². The predicted molar refractivity (Wildman–Crippen MR) is 90.9 cm³/mol. The van der Waals surface area contributed by atoms with Crippen LogP contribution in [0.3, 0.4) is 0 Å². The Bertz CT molecular complexity index is 824. The summed E-state index contributed by atoms with van der Waals surface area (Å²) in [6.45, 7) is 5.24. The molecule has 0 aliphatic heterocycles. The Morgan fingerprint density at radius 2 is 1.50 bits per heavy atom. The smallest absolute Gasteiger partial charge is 0.255 e. The van der Waals surface area contributed by atoms with Gasteiger partial charge in [0.05, 0.1) is 4.90 Å². The molecule has 0 aliphatic rings. The van der Waals surface area contributed by atoms with Crippen LogP contribution in [0.1, 0.15) is 31.1 Å². The fourth-order valence-electron chi connectivity index (χ4n) is 1.98. The minimum absolute atomic E-state index is 0.0794. The van der Waals surface area contributed by atoms with E-state index in [1.54, 1.807) is 20.8 Å². The van der Waals surface area contributed by atoms with E-state index in [1.165, 1.54) is 48.5 Å². The lowest BCUT2D eigenvalue weighted by Gasteiger charge is -2.20. The number of carbonyl (C=O) groups excluding carboxylic acids is 1. The van der Waals surface area contributed by atoms with Crippen LogP contribution in [-0.4, -0.2) is 19.9 Å². The van der Waals surface area contributed by atoms with Crippen LogP contribution >= 0.6 is 0 Å². The summed E-state index contributed by atoms with van der Waals surface area (Å²) in [6.07, 6.45) is 0. The molecule has 24 heavy (non-hydrogen) atoms. The zero-order chi connectivity index (χ0) is 18.0. The minimum Gasteiger partial charge on any atom is -0.322 e. The monoisotopic (exact) mass is 350 g/mol. The minimum atomic E-state index is -3.65. The number of hydrogen-bond acceptors (Lipinski definition) is 3. The lowest BCUT2D eigenvalue weighted by molar-refractivity contribution is 0.102. The molecule has 2 N–H and O–H groups in total. The van der Waals surface area contributed by atoms with Gasteiger partial charge in [0, 0.05) is 16.8 Å². The molecular weight excluding hydrogens is 331 g/mol. The Balaban J connectivity index is 2.14. The van der Waals surface area contributed by atoms with Crippen molar-refractivity contribution in [2.24, 2.45) is 0 Å². The quantitative estimate of drug-likeness (QED) is 0.889. The first-order valence-electron chi connectivity index (χ1n) is 7.28. The van der Waals surface area contributed by atoms with E-state index in [4.69, 9.17) is 0 Å². The highest BCUT2D eigenvalue weighted by molar-refractivity contribution is 7.89. The SMILES string of the molecule is CC(C)(C)NS(=O)(=O)c1ccc(C(=O)Nc2ccc(F)cc2)cc1. The Morgan fingerprint density at radius 3 is 2.00 bits per heavy atom. The van der Waals surface area contributed by atoms with Gasteiger partial charge in [-0.1, -0.05) is 0 Å².